The van der Waals surface area contributed by atoms with Crippen molar-refractivity contribution in [3.63, 3.8) is 0 Å². The van der Waals surface area contributed by atoms with Crippen molar-refractivity contribution in [3.05, 3.63) is 41.5 Å². The van der Waals surface area contributed by atoms with Crippen LogP contribution in [-0.4, -0.2) is 34.2 Å². The van der Waals surface area contributed by atoms with Crippen molar-refractivity contribution >= 4 is 11.7 Å². The van der Waals surface area contributed by atoms with Gasteiger partial charge in [0.25, 0.3) is 0 Å². The van der Waals surface area contributed by atoms with Gasteiger partial charge in [-0.3, -0.25) is 0 Å². The van der Waals surface area contributed by atoms with E-state index in [2.05, 4.69) is 15.5 Å². The Hall–Kier alpha value is -2.51. The highest BCUT2D eigenvalue weighted by atomic mass is 19.1. The molecule has 0 bridgehead atoms. The maximum absolute atomic E-state index is 13.1. The summed E-state index contributed by atoms with van der Waals surface area (Å²) in [4.78, 5) is 18.0. The summed E-state index contributed by atoms with van der Waals surface area (Å²) < 4.78 is 31.4. The Bertz CT molecular complexity index is 691. The molecule has 0 atom stereocenters. The molecule has 0 spiro atoms. The Kier molecular flexibility index (Phi) is 4.22. The number of amides is 2. The number of anilines is 1. The first kappa shape index (κ1) is 15.4. The highest BCUT2D eigenvalue weighted by Gasteiger charge is 2.27. The van der Waals surface area contributed by atoms with Crippen molar-refractivity contribution in [2.24, 2.45) is 0 Å². The number of aromatic nitrogens is 2. The molecule has 1 saturated heterocycles. The molecule has 1 aliphatic rings. The van der Waals surface area contributed by atoms with Crippen LogP contribution in [0.15, 0.2) is 22.7 Å². The van der Waals surface area contributed by atoms with Gasteiger partial charge in [0.2, 0.25) is 5.89 Å². The fraction of sp³-hybridized carbons (Fsp3) is 0.400. The molecule has 2 amide bonds. The summed E-state index contributed by atoms with van der Waals surface area (Å²) in [5.41, 5.74) is 0.0992. The predicted molar refractivity (Wildman–Crippen MR) is 78.0 cm³/mol. The fourth-order valence-corrected chi connectivity index (χ4v) is 2.64. The number of nitrogens with one attached hydrogen (secondary N) is 1. The molecule has 2 heterocycles. The average Bonchev–Trinajstić information content (AvgIpc) is 2.93. The first-order valence-electron chi connectivity index (χ1n) is 7.33. The van der Waals surface area contributed by atoms with Gasteiger partial charge in [0, 0.05) is 30.8 Å². The molecule has 122 valence electrons. The lowest BCUT2D eigenvalue weighted by Gasteiger charge is -2.30. The SMILES string of the molecule is Cc1noc(C2CCN(C(=O)Nc3cc(F)cc(F)c3)CC2)n1. The smallest absolute Gasteiger partial charge is 0.321 e. The molecule has 1 N–H and O–H groups in total. The molecular weight excluding hydrogens is 306 g/mol. The topological polar surface area (TPSA) is 71.3 Å². The van der Waals surface area contributed by atoms with Crippen LogP contribution in [0.4, 0.5) is 19.3 Å². The van der Waals surface area contributed by atoms with E-state index in [0.29, 0.717) is 37.6 Å². The molecule has 23 heavy (non-hydrogen) atoms. The normalized spacial score (nSPS) is 15.7. The Balaban J connectivity index is 1.57. The number of rotatable bonds is 2. The zero-order valence-corrected chi connectivity index (χ0v) is 12.6. The van der Waals surface area contributed by atoms with E-state index in [1.165, 1.54) is 0 Å². The number of hydrogen-bond acceptors (Lipinski definition) is 4. The number of piperidine rings is 1. The number of benzene rings is 1. The second kappa shape index (κ2) is 6.31. The van der Waals surface area contributed by atoms with Crippen LogP contribution in [0.25, 0.3) is 0 Å². The molecule has 8 heteroatoms. The summed E-state index contributed by atoms with van der Waals surface area (Å²) in [6.45, 7) is 2.78. The summed E-state index contributed by atoms with van der Waals surface area (Å²) in [6.07, 6.45) is 1.40. The molecule has 3 rings (SSSR count). The largest absolute Gasteiger partial charge is 0.339 e. The van der Waals surface area contributed by atoms with Crippen LogP contribution in [0.2, 0.25) is 0 Å². The molecule has 1 aromatic carbocycles. The molecule has 1 fully saturated rings. The van der Waals surface area contributed by atoms with E-state index < -0.39 is 11.6 Å². The van der Waals surface area contributed by atoms with Crippen LogP contribution in [0.1, 0.15) is 30.5 Å². The van der Waals surface area contributed by atoms with Crippen LogP contribution in [0.3, 0.4) is 0 Å². The van der Waals surface area contributed by atoms with Crippen LogP contribution >= 0.6 is 0 Å². The van der Waals surface area contributed by atoms with Crippen LogP contribution < -0.4 is 5.32 Å². The van der Waals surface area contributed by atoms with Gasteiger partial charge >= 0.3 is 6.03 Å². The number of carbonyl (C=O) groups excluding carboxylic acids is 1. The molecular formula is C15H16F2N4O2. The Morgan fingerprint density at radius 2 is 1.91 bits per heavy atom. The third kappa shape index (κ3) is 3.64. The van der Waals surface area contributed by atoms with Gasteiger partial charge in [0.05, 0.1) is 0 Å². The molecule has 0 radical (unpaired) electrons. The van der Waals surface area contributed by atoms with Crippen molar-refractivity contribution in [1.29, 1.82) is 0 Å². The third-order valence-electron chi connectivity index (χ3n) is 3.79. The van der Waals surface area contributed by atoms with E-state index in [0.717, 1.165) is 18.2 Å². The highest BCUT2D eigenvalue weighted by molar-refractivity contribution is 5.89. The Labute approximate surface area is 131 Å². The van der Waals surface area contributed by atoms with Crippen molar-refractivity contribution in [3.8, 4) is 0 Å². The number of nitrogens with zero attached hydrogens (tertiary/aromatic N) is 3. The minimum absolute atomic E-state index is 0.0992. The average molecular weight is 322 g/mol. The summed E-state index contributed by atoms with van der Waals surface area (Å²) >= 11 is 0. The van der Waals surface area contributed by atoms with Crippen LogP contribution in [0.5, 0.6) is 0 Å². The molecule has 0 aliphatic carbocycles. The highest BCUT2D eigenvalue weighted by Crippen LogP contribution is 2.27. The fourth-order valence-electron chi connectivity index (χ4n) is 2.64. The lowest BCUT2D eigenvalue weighted by atomic mass is 9.97. The third-order valence-corrected chi connectivity index (χ3v) is 3.79. The van der Waals surface area contributed by atoms with Gasteiger partial charge in [-0.05, 0) is 31.9 Å². The second-order valence-electron chi connectivity index (χ2n) is 5.53. The second-order valence-corrected chi connectivity index (χ2v) is 5.53. The quantitative estimate of drug-likeness (QED) is 0.922. The van der Waals surface area contributed by atoms with Gasteiger partial charge in [-0.15, -0.1) is 0 Å². The zero-order chi connectivity index (χ0) is 16.4. The Morgan fingerprint density at radius 3 is 2.48 bits per heavy atom. The van der Waals surface area contributed by atoms with Gasteiger partial charge in [-0.1, -0.05) is 5.16 Å². The van der Waals surface area contributed by atoms with Crippen LogP contribution in [0, 0.1) is 18.6 Å². The number of hydrogen-bond donors (Lipinski definition) is 1. The molecule has 0 unspecified atom stereocenters. The summed E-state index contributed by atoms with van der Waals surface area (Å²) in [5, 5.41) is 6.28. The van der Waals surface area contributed by atoms with Crippen molar-refractivity contribution in [1.82, 2.24) is 15.0 Å². The Morgan fingerprint density at radius 1 is 1.26 bits per heavy atom. The number of carbonyl (C=O) groups is 1. The maximum atomic E-state index is 13.1. The number of halogens is 2. The summed E-state index contributed by atoms with van der Waals surface area (Å²) in [5.74, 6) is -0.147. The van der Waals surface area contributed by atoms with Gasteiger partial charge in [0.15, 0.2) is 5.82 Å². The number of likely N-dealkylation sites (tertiary alicyclic amines) is 1. The van der Waals surface area contributed by atoms with E-state index in [4.69, 9.17) is 4.52 Å². The lowest BCUT2D eigenvalue weighted by Crippen LogP contribution is -2.40. The molecule has 2 aromatic rings. The van der Waals surface area contributed by atoms with E-state index in [9.17, 15) is 13.6 Å². The zero-order valence-electron chi connectivity index (χ0n) is 12.6. The predicted octanol–water partition coefficient (Wildman–Crippen LogP) is 3.07. The van der Waals surface area contributed by atoms with Crippen molar-refractivity contribution in [2.75, 3.05) is 18.4 Å². The monoisotopic (exact) mass is 322 g/mol. The minimum Gasteiger partial charge on any atom is -0.339 e. The minimum atomic E-state index is -0.731. The van der Waals surface area contributed by atoms with Crippen molar-refractivity contribution in [2.45, 2.75) is 25.7 Å². The van der Waals surface area contributed by atoms with Gasteiger partial charge in [0.1, 0.15) is 11.6 Å². The molecule has 6 nitrogen and oxygen atoms in total. The number of urea groups is 1. The van der Waals surface area contributed by atoms with Gasteiger partial charge in [-0.2, -0.15) is 4.98 Å². The van der Waals surface area contributed by atoms with Crippen molar-refractivity contribution < 1.29 is 18.1 Å². The maximum Gasteiger partial charge on any atom is 0.321 e. The van der Waals surface area contributed by atoms with Gasteiger partial charge in [-0.25, -0.2) is 13.6 Å². The molecule has 0 saturated carbocycles. The van der Waals surface area contributed by atoms with E-state index >= 15 is 0 Å². The number of aryl methyl sites for hydroxylation is 1. The first-order valence-corrected chi connectivity index (χ1v) is 7.33. The standard InChI is InChI=1S/C15H16F2N4O2/c1-9-18-14(23-20-9)10-2-4-21(5-3-10)15(22)19-13-7-11(16)6-12(17)8-13/h6-8,10H,2-5H2,1H3,(H,19,22). The van der Waals surface area contributed by atoms with Crippen LogP contribution in [-0.2, 0) is 0 Å². The summed E-state index contributed by atoms with van der Waals surface area (Å²) in [7, 11) is 0. The van der Waals surface area contributed by atoms with E-state index in [-0.39, 0.29) is 17.6 Å². The first-order chi connectivity index (χ1) is 11.0. The molecule has 1 aromatic heterocycles. The lowest BCUT2D eigenvalue weighted by molar-refractivity contribution is 0.187. The van der Waals surface area contributed by atoms with Gasteiger partial charge < -0.3 is 14.7 Å². The summed E-state index contributed by atoms with van der Waals surface area (Å²) in [6, 6.07) is 2.53. The molecule has 1 aliphatic heterocycles. The van der Waals surface area contributed by atoms with E-state index in [1.54, 1.807) is 11.8 Å². The van der Waals surface area contributed by atoms with E-state index in [1.807, 2.05) is 0 Å².